The van der Waals surface area contributed by atoms with Crippen molar-refractivity contribution in [2.75, 3.05) is 0 Å². The van der Waals surface area contributed by atoms with Crippen molar-refractivity contribution in [1.29, 1.82) is 0 Å². The zero-order valence-electron chi connectivity index (χ0n) is 16.0. The molecule has 0 spiro atoms. The Kier molecular flexibility index (Phi) is 3.89. The minimum absolute atomic E-state index is 0.0424. The van der Waals surface area contributed by atoms with Gasteiger partial charge in [0.1, 0.15) is 16.9 Å². The first-order valence-corrected chi connectivity index (χ1v) is 9.88. The Hall–Kier alpha value is -2.58. The van der Waals surface area contributed by atoms with Crippen LogP contribution in [0.3, 0.4) is 0 Å². The molecule has 28 heavy (non-hydrogen) atoms. The second kappa shape index (κ2) is 6.22. The number of halogens is 1. The third-order valence-corrected chi connectivity index (χ3v) is 6.31. The summed E-state index contributed by atoms with van der Waals surface area (Å²) in [4.78, 5) is 20.3. The number of alkyl halides is 1. The van der Waals surface area contributed by atoms with Crippen LogP contribution in [0.15, 0.2) is 15.4 Å². The summed E-state index contributed by atoms with van der Waals surface area (Å²) in [5, 5.41) is 12.9. The first kappa shape index (κ1) is 17.5. The van der Waals surface area contributed by atoms with Gasteiger partial charge in [0.2, 0.25) is 11.8 Å². The van der Waals surface area contributed by atoms with Crippen molar-refractivity contribution in [3.63, 3.8) is 0 Å². The second-order valence-electron chi connectivity index (χ2n) is 8.37. The van der Waals surface area contributed by atoms with E-state index in [-0.39, 0.29) is 23.4 Å². The van der Waals surface area contributed by atoms with Gasteiger partial charge in [0, 0.05) is 18.8 Å². The summed E-state index contributed by atoms with van der Waals surface area (Å²) < 4.78 is 21.6. The summed E-state index contributed by atoms with van der Waals surface area (Å²) in [6, 6.07) is 0.0688. The van der Waals surface area contributed by atoms with Crippen molar-refractivity contribution in [2.45, 2.75) is 75.9 Å². The van der Waals surface area contributed by atoms with Gasteiger partial charge in [-0.05, 0) is 45.4 Å². The Morgan fingerprint density at radius 3 is 2.61 bits per heavy atom. The van der Waals surface area contributed by atoms with Crippen LogP contribution in [0, 0.1) is 6.92 Å². The molecule has 1 N–H and O–H groups in total. The number of rotatable bonds is 3. The number of hydrogen-bond acceptors (Lipinski definition) is 6. The van der Waals surface area contributed by atoms with Gasteiger partial charge in [0.05, 0.1) is 12.2 Å². The molecule has 3 aromatic rings. The fourth-order valence-corrected chi connectivity index (χ4v) is 4.43. The Labute approximate surface area is 160 Å². The van der Waals surface area contributed by atoms with E-state index in [4.69, 9.17) is 9.40 Å². The van der Waals surface area contributed by atoms with Crippen LogP contribution >= 0.6 is 0 Å². The molecule has 3 aromatic heterocycles. The number of hydrogen-bond donors (Lipinski definition) is 1. The Balaban J connectivity index is 1.49. The molecule has 0 saturated heterocycles. The maximum absolute atomic E-state index is 14.2. The van der Waals surface area contributed by atoms with Crippen LogP contribution in [-0.2, 0) is 0 Å². The minimum Gasteiger partial charge on any atom is -0.425 e. The van der Waals surface area contributed by atoms with E-state index < -0.39 is 5.67 Å². The van der Waals surface area contributed by atoms with Gasteiger partial charge >= 0.3 is 0 Å². The molecule has 5 rings (SSSR count). The molecule has 0 bridgehead atoms. The number of nitrogens with one attached hydrogen (secondary N) is 1. The van der Waals surface area contributed by atoms with Crippen molar-refractivity contribution < 1.29 is 8.81 Å². The van der Waals surface area contributed by atoms with Crippen LogP contribution in [0.25, 0.3) is 11.0 Å². The van der Waals surface area contributed by atoms with Gasteiger partial charge in [-0.2, -0.15) is 5.10 Å². The Bertz CT molecular complexity index is 1070. The SMILES string of the molecule is Cc1nnc([C@@H]2CC[C@H]2c2nc3c(cnn3C3CCC(C)(F)CC3)c(=O)[nH]2)o1. The van der Waals surface area contributed by atoms with Gasteiger partial charge in [0.15, 0.2) is 5.65 Å². The topological polar surface area (TPSA) is 102 Å². The van der Waals surface area contributed by atoms with E-state index in [0.29, 0.717) is 54.3 Å². The Morgan fingerprint density at radius 2 is 1.96 bits per heavy atom. The van der Waals surface area contributed by atoms with Gasteiger partial charge in [-0.1, -0.05) is 0 Å². The molecule has 0 amide bonds. The van der Waals surface area contributed by atoms with E-state index in [9.17, 15) is 9.18 Å². The maximum Gasteiger partial charge on any atom is 0.262 e. The Morgan fingerprint density at radius 1 is 1.21 bits per heavy atom. The molecule has 0 radical (unpaired) electrons. The van der Waals surface area contributed by atoms with Crippen molar-refractivity contribution in [1.82, 2.24) is 29.9 Å². The van der Waals surface area contributed by atoms with Crippen LogP contribution in [0.5, 0.6) is 0 Å². The highest BCUT2D eigenvalue weighted by atomic mass is 19.1. The number of H-pyrrole nitrogens is 1. The third kappa shape index (κ3) is 2.84. The molecule has 0 aromatic carbocycles. The molecular formula is C19H23FN6O2. The predicted molar refractivity (Wildman–Crippen MR) is 98.9 cm³/mol. The molecule has 3 heterocycles. The highest BCUT2D eigenvalue weighted by Gasteiger charge is 2.39. The number of aromatic nitrogens is 6. The van der Waals surface area contributed by atoms with Gasteiger partial charge in [-0.15, -0.1) is 10.2 Å². The van der Waals surface area contributed by atoms with Gasteiger partial charge < -0.3 is 9.40 Å². The van der Waals surface area contributed by atoms with Crippen LogP contribution < -0.4 is 5.56 Å². The molecule has 9 heteroatoms. The second-order valence-corrected chi connectivity index (χ2v) is 8.37. The normalized spacial score (nSPS) is 30.5. The largest absolute Gasteiger partial charge is 0.425 e. The van der Waals surface area contributed by atoms with Gasteiger partial charge in [-0.3, -0.25) is 4.79 Å². The fraction of sp³-hybridized carbons (Fsp3) is 0.632. The third-order valence-electron chi connectivity index (χ3n) is 6.31. The van der Waals surface area contributed by atoms with Crippen molar-refractivity contribution >= 4 is 11.0 Å². The lowest BCUT2D eigenvalue weighted by Gasteiger charge is -2.33. The number of aryl methyl sites for hydroxylation is 1. The van der Waals surface area contributed by atoms with E-state index >= 15 is 0 Å². The zero-order chi connectivity index (χ0) is 19.5. The smallest absolute Gasteiger partial charge is 0.262 e. The first-order valence-electron chi connectivity index (χ1n) is 9.88. The van der Waals surface area contributed by atoms with Crippen molar-refractivity contribution in [2.24, 2.45) is 0 Å². The highest BCUT2D eigenvalue weighted by molar-refractivity contribution is 5.73. The lowest BCUT2D eigenvalue weighted by molar-refractivity contribution is 0.103. The molecule has 2 aliphatic carbocycles. The van der Waals surface area contributed by atoms with Crippen LogP contribution in [0.1, 0.15) is 80.9 Å². The summed E-state index contributed by atoms with van der Waals surface area (Å²) in [7, 11) is 0. The molecule has 0 unspecified atom stereocenters. The lowest BCUT2D eigenvalue weighted by Crippen LogP contribution is -2.29. The minimum atomic E-state index is -1.11. The number of aromatic amines is 1. The van der Waals surface area contributed by atoms with E-state index in [1.54, 1.807) is 20.0 Å². The molecular weight excluding hydrogens is 363 g/mol. The quantitative estimate of drug-likeness (QED) is 0.741. The molecule has 2 atom stereocenters. The van der Waals surface area contributed by atoms with Crippen LogP contribution in [0.2, 0.25) is 0 Å². The highest BCUT2D eigenvalue weighted by Crippen LogP contribution is 2.47. The van der Waals surface area contributed by atoms with Crippen LogP contribution in [-0.4, -0.2) is 35.6 Å². The van der Waals surface area contributed by atoms with Crippen LogP contribution in [0.4, 0.5) is 4.39 Å². The average Bonchev–Trinajstić information content (AvgIpc) is 3.21. The summed E-state index contributed by atoms with van der Waals surface area (Å²) in [5.74, 6) is 1.88. The summed E-state index contributed by atoms with van der Waals surface area (Å²) >= 11 is 0. The zero-order valence-corrected chi connectivity index (χ0v) is 16.0. The fourth-order valence-electron chi connectivity index (χ4n) is 4.43. The predicted octanol–water partition coefficient (Wildman–Crippen LogP) is 3.32. The van der Waals surface area contributed by atoms with E-state index in [2.05, 4.69) is 20.3 Å². The van der Waals surface area contributed by atoms with Gasteiger partial charge in [-0.25, -0.2) is 14.1 Å². The molecule has 8 nitrogen and oxygen atoms in total. The summed E-state index contributed by atoms with van der Waals surface area (Å²) in [6.45, 7) is 3.42. The number of nitrogens with zero attached hydrogens (tertiary/aromatic N) is 5. The van der Waals surface area contributed by atoms with E-state index in [1.807, 2.05) is 4.68 Å². The summed E-state index contributed by atoms with van der Waals surface area (Å²) in [5.41, 5.74) is -0.722. The molecule has 2 aliphatic rings. The number of fused-ring (bicyclic) bond motifs is 1. The molecule has 0 aliphatic heterocycles. The average molecular weight is 386 g/mol. The molecule has 2 fully saturated rings. The lowest BCUT2D eigenvalue weighted by atomic mass is 9.73. The van der Waals surface area contributed by atoms with Gasteiger partial charge in [0.25, 0.3) is 5.56 Å². The molecule has 2 saturated carbocycles. The standard InChI is InChI=1S/C19H23FN6O2/c1-10-24-25-18(28-10)13-4-3-12(13)15-22-16-14(17(27)23-15)9-21-26(16)11-5-7-19(2,20)8-6-11/h9,11-13H,3-8H2,1-2H3,(H,22,23,27)/t11?,12-,13-,19?/m1/s1. The molecule has 148 valence electrons. The van der Waals surface area contributed by atoms with Crippen molar-refractivity contribution in [3.8, 4) is 0 Å². The van der Waals surface area contributed by atoms with E-state index in [1.165, 1.54) is 0 Å². The monoisotopic (exact) mass is 386 g/mol. The maximum atomic E-state index is 14.2. The summed E-state index contributed by atoms with van der Waals surface area (Å²) in [6.07, 6.45) is 5.77. The first-order chi connectivity index (χ1) is 13.4. The van der Waals surface area contributed by atoms with Crippen molar-refractivity contribution in [3.05, 3.63) is 34.2 Å². The van der Waals surface area contributed by atoms with E-state index in [0.717, 1.165) is 12.8 Å².